The maximum absolute atomic E-state index is 6.76. The van der Waals surface area contributed by atoms with E-state index in [1.54, 1.807) is 0 Å². The first kappa shape index (κ1) is 8.92. The lowest BCUT2D eigenvalue weighted by atomic mass is 10.1. The Balaban J connectivity index is 2.65. The van der Waals surface area contributed by atoms with Gasteiger partial charge >= 0.3 is 0 Å². The second-order valence-electron chi connectivity index (χ2n) is 2.83. The maximum atomic E-state index is 6.76. The molecule has 0 spiro atoms. The zero-order valence-corrected chi connectivity index (χ0v) is 7.99. The first-order valence-corrected chi connectivity index (χ1v) is 4.41. The van der Waals surface area contributed by atoms with Gasteiger partial charge in [-0.2, -0.15) is 0 Å². The average Bonchev–Trinajstić information content (AvgIpc) is 2.20. The predicted molar refractivity (Wildman–Crippen MR) is 54.9 cm³/mol. The Labute approximate surface area is 86.2 Å². The molecule has 0 aliphatic rings. The van der Waals surface area contributed by atoms with Crippen molar-refractivity contribution in [2.24, 2.45) is 0 Å². The standard InChI is InChI=1S/C10H6ClN3/c1-12-5-7-2-3-9-8(4-7)10(11)14-6-13-9/h2-4,6H,5H2. The van der Waals surface area contributed by atoms with E-state index >= 15 is 0 Å². The summed E-state index contributed by atoms with van der Waals surface area (Å²) in [5.41, 5.74) is 1.74. The van der Waals surface area contributed by atoms with Gasteiger partial charge in [-0.05, 0) is 18.2 Å². The molecule has 0 radical (unpaired) electrons. The normalized spacial score (nSPS) is 10.0. The molecule has 2 aromatic rings. The summed E-state index contributed by atoms with van der Waals surface area (Å²) in [6.07, 6.45) is 1.43. The quantitative estimate of drug-likeness (QED) is 0.527. The number of rotatable bonds is 1. The third kappa shape index (κ3) is 1.52. The van der Waals surface area contributed by atoms with Crippen molar-refractivity contribution in [1.29, 1.82) is 0 Å². The summed E-state index contributed by atoms with van der Waals surface area (Å²) in [4.78, 5) is 11.3. The summed E-state index contributed by atoms with van der Waals surface area (Å²) < 4.78 is 0. The highest BCUT2D eigenvalue weighted by Gasteiger charge is 2.03. The van der Waals surface area contributed by atoms with Gasteiger partial charge in [-0.25, -0.2) is 16.5 Å². The Morgan fingerprint density at radius 1 is 1.36 bits per heavy atom. The van der Waals surface area contributed by atoms with Crippen molar-refractivity contribution < 1.29 is 0 Å². The fourth-order valence-electron chi connectivity index (χ4n) is 1.26. The smallest absolute Gasteiger partial charge is 0.239 e. The molecule has 1 heterocycles. The van der Waals surface area contributed by atoms with Crippen LogP contribution in [-0.2, 0) is 6.54 Å². The van der Waals surface area contributed by atoms with Gasteiger partial charge in [0.1, 0.15) is 11.5 Å². The van der Waals surface area contributed by atoms with Gasteiger partial charge in [0.15, 0.2) is 0 Å². The fourth-order valence-corrected chi connectivity index (χ4v) is 1.46. The summed E-state index contributed by atoms with van der Waals surface area (Å²) in [5, 5.41) is 1.23. The molecule has 0 amide bonds. The van der Waals surface area contributed by atoms with Gasteiger partial charge in [-0.3, -0.25) is 0 Å². The summed E-state index contributed by atoms with van der Waals surface area (Å²) in [7, 11) is 0. The van der Waals surface area contributed by atoms with E-state index in [0.717, 1.165) is 16.5 Å². The van der Waals surface area contributed by atoms with Crippen LogP contribution in [-0.4, -0.2) is 9.97 Å². The molecule has 0 atom stereocenters. The molecule has 2 rings (SSSR count). The molecular weight excluding hydrogens is 198 g/mol. The summed E-state index contributed by atoms with van der Waals surface area (Å²) in [6.45, 7) is 7.12. The van der Waals surface area contributed by atoms with E-state index in [2.05, 4.69) is 14.8 Å². The van der Waals surface area contributed by atoms with Crippen LogP contribution in [0.4, 0.5) is 0 Å². The van der Waals surface area contributed by atoms with Gasteiger partial charge < -0.3 is 4.85 Å². The number of fused-ring (bicyclic) bond motifs is 1. The van der Waals surface area contributed by atoms with E-state index in [0.29, 0.717) is 11.7 Å². The van der Waals surface area contributed by atoms with Crippen LogP contribution in [0.1, 0.15) is 5.56 Å². The van der Waals surface area contributed by atoms with Crippen LogP contribution in [0.3, 0.4) is 0 Å². The third-order valence-electron chi connectivity index (χ3n) is 1.91. The van der Waals surface area contributed by atoms with Gasteiger partial charge in [-0.1, -0.05) is 11.6 Å². The molecule has 0 unspecified atom stereocenters. The summed E-state index contributed by atoms with van der Waals surface area (Å²) in [5.74, 6) is 0. The largest absolute Gasteiger partial charge is 0.312 e. The second-order valence-corrected chi connectivity index (χ2v) is 3.19. The van der Waals surface area contributed by atoms with Gasteiger partial charge in [0.2, 0.25) is 6.54 Å². The Kier molecular flexibility index (Phi) is 2.30. The fraction of sp³-hybridized carbons (Fsp3) is 0.100. The SMILES string of the molecule is [C-]#[N+]Cc1ccc2ncnc(Cl)c2c1. The first-order valence-electron chi connectivity index (χ1n) is 4.03. The molecule has 3 nitrogen and oxygen atoms in total. The Hall–Kier alpha value is -1.66. The lowest BCUT2D eigenvalue weighted by Gasteiger charge is -1.98. The second kappa shape index (κ2) is 3.60. The van der Waals surface area contributed by atoms with Gasteiger partial charge in [0.25, 0.3) is 0 Å². The van der Waals surface area contributed by atoms with Crippen LogP contribution in [0, 0.1) is 6.57 Å². The van der Waals surface area contributed by atoms with Crippen LogP contribution >= 0.6 is 11.6 Å². The van der Waals surface area contributed by atoms with Gasteiger partial charge in [0, 0.05) is 10.9 Å². The van der Waals surface area contributed by atoms with E-state index in [1.165, 1.54) is 6.33 Å². The third-order valence-corrected chi connectivity index (χ3v) is 2.21. The molecule has 0 aliphatic heterocycles. The minimum Gasteiger partial charge on any atom is -0.312 e. The van der Waals surface area contributed by atoms with E-state index in [1.807, 2.05) is 18.2 Å². The molecular formula is C10H6ClN3. The predicted octanol–water partition coefficient (Wildman–Crippen LogP) is 2.70. The van der Waals surface area contributed by atoms with Crippen LogP contribution in [0.2, 0.25) is 5.15 Å². The van der Waals surface area contributed by atoms with E-state index in [4.69, 9.17) is 18.2 Å². The number of hydrogen-bond acceptors (Lipinski definition) is 2. The molecule has 68 valence electrons. The highest BCUT2D eigenvalue weighted by atomic mass is 35.5. The number of aromatic nitrogens is 2. The van der Waals surface area contributed by atoms with Gasteiger partial charge in [0.05, 0.1) is 5.52 Å². The number of halogens is 1. The van der Waals surface area contributed by atoms with Crippen LogP contribution in [0.25, 0.3) is 15.7 Å². The monoisotopic (exact) mass is 203 g/mol. The maximum Gasteiger partial charge on any atom is 0.239 e. The molecule has 1 aromatic heterocycles. The van der Waals surface area contributed by atoms with Crippen molar-refractivity contribution in [3.63, 3.8) is 0 Å². The van der Waals surface area contributed by atoms with E-state index in [-0.39, 0.29) is 0 Å². The zero-order chi connectivity index (χ0) is 9.97. The van der Waals surface area contributed by atoms with Crippen molar-refractivity contribution in [3.05, 3.63) is 46.7 Å². The van der Waals surface area contributed by atoms with Crippen molar-refractivity contribution >= 4 is 22.5 Å². The van der Waals surface area contributed by atoms with Crippen LogP contribution in [0.5, 0.6) is 0 Å². The minimum atomic E-state index is 0.362. The molecule has 4 heteroatoms. The lowest BCUT2D eigenvalue weighted by Crippen LogP contribution is -1.86. The van der Waals surface area contributed by atoms with Crippen molar-refractivity contribution in [2.45, 2.75) is 6.54 Å². The molecule has 0 saturated carbocycles. The minimum absolute atomic E-state index is 0.362. The Morgan fingerprint density at radius 3 is 3.00 bits per heavy atom. The number of benzene rings is 1. The highest BCUT2D eigenvalue weighted by Crippen LogP contribution is 2.20. The summed E-state index contributed by atoms with van der Waals surface area (Å²) >= 11 is 5.90. The Morgan fingerprint density at radius 2 is 2.21 bits per heavy atom. The van der Waals surface area contributed by atoms with Crippen molar-refractivity contribution in [2.75, 3.05) is 0 Å². The van der Waals surface area contributed by atoms with Crippen molar-refractivity contribution in [3.8, 4) is 0 Å². The molecule has 1 aromatic carbocycles. The average molecular weight is 204 g/mol. The number of nitrogens with zero attached hydrogens (tertiary/aromatic N) is 3. The van der Waals surface area contributed by atoms with Gasteiger partial charge in [-0.15, -0.1) is 0 Å². The van der Waals surface area contributed by atoms with Crippen molar-refractivity contribution in [1.82, 2.24) is 9.97 Å². The molecule has 0 fully saturated rings. The topological polar surface area (TPSA) is 30.1 Å². The zero-order valence-electron chi connectivity index (χ0n) is 7.24. The molecule has 14 heavy (non-hydrogen) atoms. The summed E-state index contributed by atoms with van der Waals surface area (Å²) in [6, 6.07) is 5.59. The van der Waals surface area contributed by atoms with Crippen LogP contribution < -0.4 is 0 Å². The molecule has 0 N–H and O–H groups in total. The first-order chi connectivity index (χ1) is 6.81. The van der Waals surface area contributed by atoms with E-state index < -0.39 is 0 Å². The Bertz CT molecular complexity index is 516. The highest BCUT2D eigenvalue weighted by molar-refractivity contribution is 6.34. The molecule has 0 aliphatic carbocycles. The molecule has 0 bridgehead atoms. The lowest BCUT2D eigenvalue weighted by molar-refractivity contribution is 1.21. The van der Waals surface area contributed by atoms with E-state index in [9.17, 15) is 0 Å². The molecule has 0 saturated heterocycles. The number of hydrogen-bond donors (Lipinski definition) is 0. The van der Waals surface area contributed by atoms with Crippen LogP contribution in [0.15, 0.2) is 24.5 Å².